The number of ether oxygens (including phenoxy) is 3. The number of phenolic OH excluding ortho intramolecular Hbond substituents is 3. The van der Waals surface area contributed by atoms with Gasteiger partial charge in [-0.15, -0.1) is 0 Å². The number of hydrogen-bond donors (Lipinski definition) is 3. The normalized spacial score (nSPS) is 11.5. The van der Waals surface area contributed by atoms with Crippen LogP contribution < -0.4 is 4.74 Å². The first-order valence-corrected chi connectivity index (χ1v) is 21.3. The third-order valence-electron chi connectivity index (χ3n) is 9.41. The van der Waals surface area contributed by atoms with Crippen molar-refractivity contribution in [3.63, 3.8) is 0 Å². The van der Waals surface area contributed by atoms with Crippen LogP contribution in [0.15, 0.2) is 72.8 Å². The number of rotatable bonds is 18. The quantitative estimate of drug-likeness (QED) is 0.0499. The Balaban J connectivity index is 0.000000339. The van der Waals surface area contributed by atoms with Crippen molar-refractivity contribution in [1.82, 2.24) is 0 Å². The van der Waals surface area contributed by atoms with Crippen molar-refractivity contribution in [2.24, 2.45) is 0 Å². The van der Waals surface area contributed by atoms with Crippen molar-refractivity contribution in [2.45, 2.75) is 117 Å². The molecule has 0 bridgehead atoms. The number of aromatic hydroxyl groups is 3. The van der Waals surface area contributed by atoms with E-state index in [1.165, 1.54) is 14.2 Å². The molecule has 0 spiro atoms. The summed E-state index contributed by atoms with van der Waals surface area (Å²) in [4.78, 5) is 47.4. The van der Waals surface area contributed by atoms with Gasteiger partial charge in [-0.25, -0.2) is 4.79 Å². The molecule has 59 heavy (non-hydrogen) atoms. The molecule has 4 aromatic carbocycles. The van der Waals surface area contributed by atoms with Crippen molar-refractivity contribution in [3.8, 4) is 23.0 Å². The molecule has 4 rings (SSSR count). The van der Waals surface area contributed by atoms with Crippen LogP contribution in [0.1, 0.15) is 145 Å². The zero-order valence-electron chi connectivity index (χ0n) is 35.7. The van der Waals surface area contributed by atoms with Crippen LogP contribution in [-0.4, -0.2) is 53.0 Å². The minimum atomic E-state index is -0.959. The highest BCUT2D eigenvalue weighted by Crippen LogP contribution is 2.40. The van der Waals surface area contributed by atoms with Crippen molar-refractivity contribution in [1.29, 1.82) is 0 Å². The molecule has 0 saturated heterocycles. The number of hydrogen-bond acceptors (Lipinski definition) is 10. The summed E-state index contributed by atoms with van der Waals surface area (Å²) in [5, 5.41) is 31.1. The molecule has 0 saturated carbocycles. The smallest absolute Gasteiger partial charge is 0.351 e. The zero-order chi connectivity index (χ0) is 44.1. The van der Waals surface area contributed by atoms with E-state index in [9.17, 15) is 34.5 Å². The Morgan fingerprint density at radius 3 is 1.44 bits per heavy atom. The van der Waals surface area contributed by atoms with Gasteiger partial charge in [0.05, 0.1) is 25.3 Å². The predicted octanol–water partition coefficient (Wildman–Crippen LogP) is 11.1. The molecule has 320 valence electrons. The molecule has 0 amide bonds. The maximum absolute atomic E-state index is 12.5. The van der Waals surface area contributed by atoms with Gasteiger partial charge >= 0.3 is 11.9 Å². The fourth-order valence-electron chi connectivity index (χ4n) is 6.35. The number of benzene rings is 4. The highest BCUT2D eigenvalue weighted by molar-refractivity contribution is 9.09. The number of alkyl halides is 1. The average Bonchev–Trinajstić information content (AvgIpc) is 3.26. The van der Waals surface area contributed by atoms with Crippen molar-refractivity contribution in [3.05, 3.63) is 117 Å². The minimum absolute atomic E-state index is 0.0407. The van der Waals surface area contributed by atoms with E-state index < -0.39 is 12.1 Å². The third-order valence-corrected chi connectivity index (χ3v) is 10.3. The summed E-state index contributed by atoms with van der Waals surface area (Å²) in [6.07, 6.45) is 5.50. The Morgan fingerprint density at radius 2 is 0.983 bits per heavy atom. The topological polar surface area (TPSA) is 157 Å². The standard InChI is InChI=1S/C24H30O5.C15H22O3.C9H9BrO2/c1-5-11-17-15-19(20(25)7-3)21(26)18(12-6-2)22(17)29-23(24(27)28-4)16-13-9-8-10-14-16;1-4-7-10-9-12(13(16)6-3)15(18)11(8-5-2)14(10)17;1-12-9(11)8(10)7-5-3-2-4-6-7/h8-10,13-15,23,26H,5-7,11-12H2,1-4H3;9,17-18H,4-8H2,1-3H3;2-6,8H,1H3. The van der Waals surface area contributed by atoms with E-state index >= 15 is 0 Å². The number of ketones is 2. The van der Waals surface area contributed by atoms with Gasteiger partial charge in [-0.3, -0.25) is 14.4 Å². The molecule has 3 N–H and O–H groups in total. The maximum Gasteiger partial charge on any atom is 0.351 e. The lowest BCUT2D eigenvalue weighted by atomic mass is 9.94. The average molecular weight is 878 g/mol. The molecular formula is C48H61BrO10. The molecule has 0 fully saturated rings. The van der Waals surface area contributed by atoms with E-state index in [0.717, 1.165) is 42.4 Å². The Bertz CT molecular complexity index is 1960. The van der Waals surface area contributed by atoms with Crippen LogP contribution in [0.25, 0.3) is 0 Å². The summed E-state index contributed by atoms with van der Waals surface area (Å²) in [7, 11) is 2.70. The van der Waals surface area contributed by atoms with Crippen molar-refractivity contribution < 1.29 is 48.7 Å². The fourth-order valence-corrected chi connectivity index (χ4v) is 6.85. The first kappa shape index (κ1) is 50.0. The number of esters is 2. The fraction of sp³-hybridized carbons (Fsp3) is 0.417. The SMILES string of the molecule is CCCc1cc(C(=O)CC)c(O)c(CCC)c1O.CCCc1cc(C(=O)CC)c(O)c(CCC)c1OC(C(=O)OC)c1ccccc1.COC(=O)C(Br)c1ccccc1. The Kier molecular flexibility index (Phi) is 22.1. The first-order chi connectivity index (χ1) is 28.3. The van der Waals surface area contributed by atoms with Crippen LogP contribution in [0.2, 0.25) is 0 Å². The molecule has 2 atom stereocenters. The molecule has 11 heteroatoms. The number of phenols is 3. The van der Waals surface area contributed by atoms with Crippen LogP contribution in [0.3, 0.4) is 0 Å². The van der Waals surface area contributed by atoms with Gasteiger partial charge in [0, 0.05) is 29.5 Å². The summed E-state index contributed by atoms with van der Waals surface area (Å²) in [5.41, 5.74) is 4.90. The van der Waals surface area contributed by atoms with E-state index in [0.29, 0.717) is 72.1 Å². The van der Waals surface area contributed by atoms with Gasteiger partial charge in [0.15, 0.2) is 11.6 Å². The van der Waals surface area contributed by atoms with Gasteiger partial charge < -0.3 is 29.5 Å². The summed E-state index contributed by atoms with van der Waals surface area (Å²) in [6, 6.07) is 21.9. The molecule has 0 aliphatic rings. The number of aryl methyl sites for hydroxylation is 2. The van der Waals surface area contributed by atoms with Gasteiger partial charge in [-0.05, 0) is 54.5 Å². The summed E-state index contributed by atoms with van der Waals surface area (Å²) in [5.74, 6) is -0.456. The van der Waals surface area contributed by atoms with Crippen LogP contribution in [0.5, 0.6) is 23.0 Å². The Morgan fingerprint density at radius 1 is 0.559 bits per heavy atom. The molecular weight excluding hydrogens is 816 g/mol. The Labute approximate surface area is 358 Å². The molecule has 0 heterocycles. The largest absolute Gasteiger partial charge is 0.507 e. The lowest BCUT2D eigenvalue weighted by molar-refractivity contribution is -0.149. The second-order valence-electron chi connectivity index (χ2n) is 13.8. The van der Waals surface area contributed by atoms with Gasteiger partial charge in [0.1, 0.15) is 27.8 Å². The number of carbonyl (C=O) groups excluding carboxylic acids is 4. The van der Waals surface area contributed by atoms with E-state index in [-0.39, 0.29) is 39.6 Å². The van der Waals surface area contributed by atoms with Gasteiger partial charge in [0.25, 0.3) is 0 Å². The second-order valence-corrected chi connectivity index (χ2v) is 14.7. The lowest BCUT2D eigenvalue weighted by Gasteiger charge is -2.23. The highest BCUT2D eigenvalue weighted by Gasteiger charge is 2.29. The molecule has 4 aromatic rings. The lowest BCUT2D eigenvalue weighted by Crippen LogP contribution is -2.21. The molecule has 0 aromatic heterocycles. The monoisotopic (exact) mass is 876 g/mol. The maximum atomic E-state index is 12.5. The minimum Gasteiger partial charge on any atom is -0.507 e. The molecule has 0 radical (unpaired) electrons. The Hall–Kier alpha value is -5.16. The second kappa shape index (κ2) is 26.0. The van der Waals surface area contributed by atoms with E-state index in [1.54, 1.807) is 38.1 Å². The number of Topliss-reactive ketones (excluding diaryl/α,β-unsaturated/α-hetero) is 2. The predicted molar refractivity (Wildman–Crippen MR) is 235 cm³/mol. The number of carbonyl (C=O) groups is 4. The van der Waals surface area contributed by atoms with E-state index in [2.05, 4.69) is 20.7 Å². The van der Waals surface area contributed by atoms with Crippen molar-refractivity contribution in [2.75, 3.05) is 14.2 Å². The van der Waals surface area contributed by atoms with E-state index in [4.69, 9.17) is 9.47 Å². The molecule has 0 aliphatic heterocycles. The van der Waals surface area contributed by atoms with Gasteiger partial charge in [-0.2, -0.15) is 0 Å². The molecule has 0 aliphatic carbocycles. The van der Waals surface area contributed by atoms with Crippen LogP contribution in [0, 0.1) is 0 Å². The van der Waals surface area contributed by atoms with Crippen LogP contribution in [-0.2, 0) is 44.7 Å². The van der Waals surface area contributed by atoms with Crippen molar-refractivity contribution >= 4 is 39.4 Å². The summed E-state index contributed by atoms with van der Waals surface area (Å²) in [6.45, 7) is 11.6. The number of halogens is 1. The van der Waals surface area contributed by atoms with Gasteiger partial charge in [-0.1, -0.05) is 144 Å². The molecule has 2 unspecified atom stereocenters. The van der Waals surface area contributed by atoms with Crippen LogP contribution >= 0.6 is 15.9 Å². The van der Waals surface area contributed by atoms with Gasteiger partial charge in [0.2, 0.25) is 6.10 Å². The summed E-state index contributed by atoms with van der Waals surface area (Å²) >= 11 is 3.24. The highest BCUT2D eigenvalue weighted by atomic mass is 79.9. The van der Waals surface area contributed by atoms with Crippen LogP contribution in [0.4, 0.5) is 0 Å². The third kappa shape index (κ3) is 14.0. The first-order valence-electron chi connectivity index (χ1n) is 20.4. The number of methoxy groups -OCH3 is 2. The molecule has 10 nitrogen and oxygen atoms in total. The zero-order valence-corrected chi connectivity index (χ0v) is 37.3. The van der Waals surface area contributed by atoms with E-state index in [1.807, 2.05) is 76.2 Å². The summed E-state index contributed by atoms with van der Waals surface area (Å²) < 4.78 is 15.8.